The summed E-state index contributed by atoms with van der Waals surface area (Å²) in [6.45, 7) is 0.359. The molecule has 5 nitrogen and oxygen atoms in total. The highest BCUT2D eigenvalue weighted by atomic mass is 16.3. The molecule has 0 radical (unpaired) electrons. The molecule has 94 valence electrons. The van der Waals surface area contributed by atoms with E-state index in [-0.39, 0.29) is 12.3 Å². The van der Waals surface area contributed by atoms with Crippen LogP contribution in [-0.2, 0) is 11.2 Å². The predicted octanol–water partition coefficient (Wildman–Crippen LogP) is 0.619. The number of aromatic amines is 1. The van der Waals surface area contributed by atoms with Crippen LogP contribution in [0.2, 0.25) is 0 Å². The van der Waals surface area contributed by atoms with E-state index in [1.807, 2.05) is 0 Å². The van der Waals surface area contributed by atoms with Gasteiger partial charge in [-0.05, 0) is 24.8 Å². The van der Waals surface area contributed by atoms with Gasteiger partial charge in [-0.1, -0.05) is 12.8 Å². The van der Waals surface area contributed by atoms with E-state index in [1.165, 1.54) is 12.8 Å². The standard InChI is InChI=1S/C12H19N3O2/c16-11(9-3-1-2-4-9)8-13-12(17)7-10-5-6-14-15-10/h5-6,9,11,16H,1-4,7-8H2,(H,13,17)(H,14,15). The van der Waals surface area contributed by atoms with Crippen molar-refractivity contribution in [1.29, 1.82) is 0 Å². The van der Waals surface area contributed by atoms with Gasteiger partial charge in [-0.2, -0.15) is 5.10 Å². The van der Waals surface area contributed by atoms with Crippen molar-refractivity contribution in [1.82, 2.24) is 15.5 Å². The number of nitrogens with zero attached hydrogens (tertiary/aromatic N) is 1. The maximum atomic E-state index is 11.6. The average Bonchev–Trinajstić information content (AvgIpc) is 2.97. The van der Waals surface area contributed by atoms with Gasteiger partial charge < -0.3 is 10.4 Å². The number of nitrogens with one attached hydrogen (secondary N) is 2. The molecule has 1 aliphatic carbocycles. The Labute approximate surface area is 101 Å². The lowest BCUT2D eigenvalue weighted by atomic mass is 10.0. The second-order valence-electron chi connectivity index (χ2n) is 4.67. The largest absolute Gasteiger partial charge is 0.391 e. The van der Waals surface area contributed by atoms with Crippen LogP contribution in [0, 0.1) is 5.92 Å². The monoisotopic (exact) mass is 237 g/mol. The Morgan fingerprint density at radius 2 is 2.35 bits per heavy atom. The number of aromatic nitrogens is 2. The summed E-state index contributed by atoms with van der Waals surface area (Å²) in [5, 5.41) is 19.2. The summed E-state index contributed by atoms with van der Waals surface area (Å²) in [5.41, 5.74) is 0.790. The maximum absolute atomic E-state index is 11.6. The number of H-pyrrole nitrogens is 1. The second-order valence-corrected chi connectivity index (χ2v) is 4.67. The summed E-state index contributed by atoms with van der Waals surface area (Å²) in [4.78, 5) is 11.6. The normalized spacial score (nSPS) is 18.2. The molecule has 0 saturated heterocycles. The first-order valence-corrected chi connectivity index (χ1v) is 6.18. The summed E-state index contributed by atoms with van der Waals surface area (Å²) in [5.74, 6) is 0.286. The van der Waals surface area contributed by atoms with Gasteiger partial charge in [-0.15, -0.1) is 0 Å². The van der Waals surface area contributed by atoms with Crippen molar-refractivity contribution in [3.8, 4) is 0 Å². The van der Waals surface area contributed by atoms with E-state index in [9.17, 15) is 9.90 Å². The van der Waals surface area contributed by atoms with Gasteiger partial charge in [-0.25, -0.2) is 0 Å². The van der Waals surface area contributed by atoms with Crippen molar-refractivity contribution in [3.05, 3.63) is 18.0 Å². The molecule has 0 spiro atoms. The van der Waals surface area contributed by atoms with Crippen LogP contribution < -0.4 is 5.32 Å². The van der Waals surface area contributed by atoms with Crippen LogP contribution in [0.1, 0.15) is 31.4 Å². The molecule has 1 heterocycles. The van der Waals surface area contributed by atoms with E-state index in [2.05, 4.69) is 15.5 Å². The Balaban J connectivity index is 1.68. The number of aliphatic hydroxyl groups is 1. The molecule has 0 bridgehead atoms. The molecule has 1 atom stereocenters. The van der Waals surface area contributed by atoms with Gasteiger partial charge in [0.2, 0.25) is 5.91 Å². The maximum Gasteiger partial charge on any atom is 0.226 e. The number of aliphatic hydroxyl groups excluding tert-OH is 1. The van der Waals surface area contributed by atoms with Gasteiger partial charge in [0.1, 0.15) is 0 Å². The van der Waals surface area contributed by atoms with Gasteiger partial charge in [0.15, 0.2) is 0 Å². The highest BCUT2D eigenvalue weighted by Crippen LogP contribution is 2.27. The zero-order chi connectivity index (χ0) is 12.1. The quantitative estimate of drug-likeness (QED) is 0.702. The third-order valence-electron chi connectivity index (χ3n) is 3.36. The summed E-state index contributed by atoms with van der Waals surface area (Å²) < 4.78 is 0. The van der Waals surface area contributed by atoms with Crippen molar-refractivity contribution in [3.63, 3.8) is 0 Å². The van der Waals surface area contributed by atoms with Crippen LogP contribution in [0.4, 0.5) is 0 Å². The molecule has 1 amide bonds. The summed E-state index contributed by atoms with van der Waals surface area (Å²) in [7, 11) is 0. The van der Waals surface area contributed by atoms with Gasteiger partial charge >= 0.3 is 0 Å². The van der Waals surface area contributed by atoms with Crippen LogP contribution in [-0.4, -0.2) is 33.9 Å². The summed E-state index contributed by atoms with van der Waals surface area (Å²) >= 11 is 0. The third kappa shape index (κ3) is 3.56. The van der Waals surface area contributed by atoms with Crippen molar-refractivity contribution < 1.29 is 9.90 Å². The minimum absolute atomic E-state index is 0.0775. The molecule has 3 N–H and O–H groups in total. The molecular formula is C12H19N3O2. The fourth-order valence-electron chi connectivity index (χ4n) is 2.35. The second kappa shape index (κ2) is 5.82. The number of hydrogen-bond donors (Lipinski definition) is 3. The van der Waals surface area contributed by atoms with Crippen molar-refractivity contribution >= 4 is 5.91 Å². The minimum atomic E-state index is -0.400. The van der Waals surface area contributed by atoms with Crippen LogP contribution >= 0.6 is 0 Å². The van der Waals surface area contributed by atoms with E-state index < -0.39 is 6.10 Å². The van der Waals surface area contributed by atoms with E-state index >= 15 is 0 Å². The first-order chi connectivity index (χ1) is 8.25. The number of carbonyl (C=O) groups is 1. The Hall–Kier alpha value is -1.36. The number of amides is 1. The third-order valence-corrected chi connectivity index (χ3v) is 3.36. The molecule has 1 saturated carbocycles. The Kier molecular flexibility index (Phi) is 4.14. The van der Waals surface area contributed by atoms with Gasteiger partial charge in [0.25, 0.3) is 0 Å². The SMILES string of the molecule is O=C(Cc1ccn[nH]1)NCC(O)C1CCCC1. The minimum Gasteiger partial charge on any atom is -0.391 e. The van der Waals surface area contributed by atoms with Crippen molar-refractivity contribution in [2.45, 2.75) is 38.2 Å². The van der Waals surface area contributed by atoms with E-state index in [0.29, 0.717) is 12.5 Å². The Bertz CT molecular complexity index is 345. The molecule has 17 heavy (non-hydrogen) atoms. The summed E-state index contributed by atoms with van der Waals surface area (Å²) in [6, 6.07) is 1.77. The molecule has 5 heteroatoms. The summed E-state index contributed by atoms with van der Waals surface area (Å²) in [6.07, 6.45) is 6.07. The highest BCUT2D eigenvalue weighted by molar-refractivity contribution is 5.78. The lowest BCUT2D eigenvalue weighted by molar-refractivity contribution is -0.121. The molecular weight excluding hydrogens is 218 g/mol. The Morgan fingerprint density at radius 1 is 1.59 bits per heavy atom. The van der Waals surface area contributed by atoms with E-state index in [1.54, 1.807) is 12.3 Å². The average molecular weight is 237 g/mol. The molecule has 0 aromatic carbocycles. The van der Waals surface area contributed by atoms with Crippen LogP contribution in [0.3, 0.4) is 0 Å². The van der Waals surface area contributed by atoms with Crippen molar-refractivity contribution in [2.24, 2.45) is 5.92 Å². The van der Waals surface area contributed by atoms with Gasteiger partial charge in [-0.3, -0.25) is 9.89 Å². The molecule has 1 aromatic rings. The molecule has 2 rings (SSSR count). The topological polar surface area (TPSA) is 78.0 Å². The fraction of sp³-hybridized carbons (Fsp3) is 0.667. The van der Waals surface area contributed by atoms with Crippen LogP contribution in [0.15, 0.2) is 12.3 Å². The van der Waals surface area contributed by atoms with Gasteiger partial charge in [0, 0.05) is 18.4 Å². The first-order valence-electron chi connectivity index (χ1n) is 6.18. The molecule has 0 aliphatic heterocycles. The number of rotatable bonds is 5. The Morgan fingerprint density at radius 3 is 3.00 bits per heavy atom. The molecule has 1 fully saturated rings. The van der Waals surface area contributed by atoms with E-state index in [0.717, 1.165) is 18.5 Å². The predicted molar refractivity (Wildman–Crippen MR) is 63.3 cm³/mol. The van der Waals surface area contributed by atoms with Crippen LogP contribution in [0.25, 0.3) is 0 Å². The zero-order valence-corrected chi connectivity index (χ0v) is 9.85. The molecule has 1 aliphatic rings. The van der Waals surface area contributed by atoms with Gasteiger partial charge in [0.05, 0.1) is 12.5 Å². The zero-order valence-electron chi connectivity index (χ0n) is 9.85. The van der Waals surface area contributed by atoms with E-state index in [4.69, 9.17) is 0 Å². The number of hydrogen-bond acceptors (Lipinski definition) is 3. The lowest BCUT2D eigenvalue weighted by Gasteiger charge is -2.17. The van der Waals surface area contributed by atoms with Crippen LogP contribution in [0.5, 0.6) is 0 Å². The molecule has 1 aromatic heterocycles. The number of carbonyl (C=O) groups excluding carboxylic acids is 1. The fourth-order valence-corrected chi connectivity index (χ4v) is 2.35. The lowest BCUT2D eigenvalue weighted by Crippen LogP contribution is -2.36. The van der Waals surface area contributed by atoms with Crippen molar-refractivity contribution in [2.75, 3.05) is 6.54 Å². The first kappa shape index (κ1) is 12.1. The molecule has 1 unspecified atom stereocenters. The smallest absolute Gasteiger partial charge is 0.226 e. The highest BCUT2D eigenvalue weighted by Gasteiger charge is 2.23.